The summed E-state index contributed by atoms with van der Waals surface area (Å²) < 4.78 is 22.9. The van der Waals surface area contributed by atoms with Crippen molar-refractivity contribution in [2.75, 3.05) is 23.7 Å². The van der Waals surface area contributed by atoms with Crippen molar-refractivity contribution in [1.82, 2.24) is 0 Å². The van der Waals surface area contributed by atoms with E-state index in [0.717, 1.165) is 38.0 Å². The van der Waals surface area contributed by atoms with E-state index in [0.29, 0.717) is 11.1 Å². The molecule has 0 saturated carbocycles. The molecule has 0 spiro atoms. The Labute approximate surface area is 121 Å². The second kappa shape index (κ2) is 5.26. The molecule has 0 radical (unpaired) electrons. The zero-order valence-corrected chi connectivity index (χ0v) is 12.9. The maximum atomic E-state index is 11.5. The Morgan fingerprint density at radius 1 is 1.30 bits per heavy atom. The molecule has 0 atom stereocenters. The van der Waals surface area contributed by atoms with Gasteiger partial charge < -0.3 is 10.6 Å². The summed E-state index contributed by atoms with van der Waals surface area (Å²) in [4.78, 5) is 2.30. The monoisotopic (exact) mass is 297 g/mol. The molecule has 1 fully saturated rings. The number of rotatable bonds is 4. The summed E-state index contributed by atoms with van der Waals surface area (Å²) in [6, 6.07) is 4.66. The lowest BCUT2D eigenvalue weighted by atomic mass is 9.82. The molecule has 1 saturated heterocycles. The van der Waals surface area contributed by atoms with E-state index in [1.807, 2.05) is 0 Å². The fourth-order valence-corrected chi connectivity index (χ4v) is 3.48. The number of benzene rings is 1. The van der Waals surface area contributed by atoms with Crippen LogP contribution < -0.4 is 15.8 Å². The molecule has 1 aliphatic heterocycles. The Morgan fingerprint density at radius 2 is 1.95 bits per heavy atom. The molecule has 1 aromatic rings. The number of nitrogens with two attached hydrogens (primary N) is 2. The molecule has 2 rings (SSSR count). The van der Waals surface area contributed by atoms with E-state index in [-0.39, 0.29) is 4.90 Å². The van der Waals surface area contributed by atoms with Crippen molar-refractivity contribution in [2.24, 2.45) is 10.6 Å². The molecule has 0 aliphatic carbocycles. The Kier molecular flexibility index (Phi) is 3.97. The van der Waals surface area contributed by atoms with Gasteiger partial charge in [0, 0.05) is 13.1 Å². The van der Waals surface area contributed by atoms with Crippen LogP contribution in [0.1, 0.15) is 33.1 Å². The summed E-state index contributed by atoms with van der Waals surface area (Å²) in [7, 11) is -3.69. The second-order valence-corrected chi connectivity index (χ2v) is 7.21. The van der Waals surface area contributed by atoms with Gasteiger partial charge in [-0.1, -0.05) is 13.8 Å². The lowest BCUT2D eigenvalue weighted by Crippen LogP contribution is -2.27. The average molecular weight is 297 g/mol. The minimum Gasteiger partial charge on any atom is -0.397 e. The largest absolute Gasteiger partial charge is 0.397 e. The molecule has 1 heterocycles. The van der Waals surface area contributed by atoms with Crippen LogP contribution in [0.25, 0.3) is 0 Å². The predicted octanol–water partition coefficient (Wildman–Crippen LogP) is 1.93. The maximum absolute atomic E-state index is 11.5. The van der Waals surface area contributed by atoms with E-state index in [1.54, 1.807) is 12.1 Å². The van der Waals surface area contributed by atoms with E-state index >= 15 is 0 Å². The predicted molar refractivity (Wildman–Crippen MR) is 82.1 cm³/mol. The fraction of sp³-hybridized carbons (Fsp3) is 0.571. The highest BCUT2D eigenvalue weighted by Gasteiger charge is 2.35. The van der Waals surface area contributed by atoms with Gasteiger partial charge in [-0.05, 0) is 42.9 Å². The van der Waals surface area contributed by atoms with Crippen LogP contribution in [0.4, 0.5) is 11.4 Å². The number of hydrogen-bond acceptors (Lipinski definition) is 4. The third-order valence-electron chi connectivity index (χ3n) is 4.61. The molecular weight excluding hydrogens is 274 g/mol. The van der Waals surface area contributed by atoms with Crippen LogP contribution in [-0.4, -0.2) is 21.5 Å². The first kappa shape index (κ1) is 15.1. The minimum atomic E-state index is -3.69. The van der Waals surface area contributed by atoms with Crippen molar-refractivity contribution in [3.8, 4) is 0 Å². The Hall–Kier alpha value is -1.27. The van der Waals surface area contributed by atoms with Gasteiger partial charge in [-0.2, -0.15) is 0 Å². The quantitative estimate of drug-likeness (QED) is 0.831. The zero-order valence-electron chi connectivity index (χ0n) is 12.1. The molecular formula is C14H23N3O2S. The Balaban J connectivity index is 2.35. The Bertz CT molecular complexity index is 594. The summed E-state index contributed by atoms with van der Waals surface area (Å²) in [5, 5.41) is 5.19. The van der Waals surface area contributed by atoms with Crippen molar-refractivity contribution < 1.29 is 8.42 Å². The van der Waals surface area contributed by atoms with Gasteiger partial charge in [0.2, 0.25) is 10.0 Å². The molecule has 0 amide bonds. The van der Waals surface area contributed by atoms with Crippen LogP contribution in [-0.2, 0) is 10.0 Å². The van der Waals surface area contributed by atoms with Crippen LogP contribution in [0.3, 0.4) is 0 Å². The van der Waals surface area contributed by atoms with Gasteiger partial charge in [-0.15, -0.1) is 0 Å². The first-order valence-corrected chi connectivity index (χ1v) is 8.53. The van der Waals surface area contributed by atoms with Gasteiger partial charge in [0.15, 0.2) is 0 Å². The van der Waals surface area contributed by atoms with Gasteiger partial charge in [0.25, 0.3) is 0 Å². The van der Waals surface area contributed by atoms with Gasteiger partial charge in [-0.25, -0.2) is 13.6 Å². The molecule has 5 nitrogen and oxygen atoms in total. The third kappa shape index (κ3) is 2.76. The summed E-state index contributed by atoms with van der Waals surface area (Å²) in [6.45, 7) is 6.23. The number of primary sulfonamides is 1. The highest BCUT2D eigenvalue weighted by atomic mass is 32.2. The van der Waals surface area contributed by atoms with Crippen molar-refractivity contribution in [3.63, 3.8) is 0 Å². The first-order valence-electron chi connectivity index (χ1n) is 6.98. The fourth-order valence-electron chi connectivity index (χ4n) is 2.94. The highest BCUT2D eigenvalue weighted by Crippen LogP contribution is 2.40. The highest BCUT2D eigenvalue weighted by molar-refractivity contribution is 7.89. The van der Waals surface area contributed by atoms with E-state index in [1.165, 1.54) is 6.07 Å². The van der Waals surface area contributed by atoms with Gasteiger partial charge in [-0.3, -0.25) is 0 Å². The molecule has 1 aromatic carbocycles. The van der Waals surface area contributed by atoms with E-state index in [4.69, 9.17) is 10.9 Å². The molecule has 6 heteroatoms. The normalized spacial score (nSPS) is 18.4. The number of nitrogen functional groups attached to an aromatic ring is 1. The Morgan fingerprint density at radius 3 is 2.45 bits per heavy atom. The average Bonchev–Trinajstić information content (AvgIpc) is 2.83. The van der Waals surface area contributed by atoms with Crippen LogP contribution >= 0.6 is 0 Å². The molecule has 1 aliphatic rings. The van der Waals surface area contributed by atoms with Gasteiger partial charge >= 0.3 is 0 Å². The van der Waals surface area contributed by atoms with E-state index < -0.39 is 10.0 Å². The van der Waals surface area contributed by atoms with Crippen molar-refractivity contribution in [2.45, 2.75) is 38.0 Å². The van der Waals surface area contributed by atoms with Crippen LogP contribution in [0.15, 0.2) is 23.1 Å². The number of hydrogen-bond donors (Lipinski definition) is 2. The van der Waals surface area contributed by atoms with Gasteiger partial charge in [0.1, 0.15) is 0 Å². The number of sulfonamides is 1. The summed E-state index contributed by atoms with van der Waals surface area (Å²) in [5.41, 5.74) is 7.69. The lowest BCUT2D eigenvalue weighted by Gasteiger charge is -2.28. The lowest BCUT2D eigenvalue weighted by molar-refractivity contribution is 0.301. The number of anilines is 2. The van der Waals surface area contributed by atoms with Crippen LogP contribution in [0.2, 0.25) is 0 Å². The molecule has 20 heavy (non-hydrogen) atoms. The SMILES string of the molecule is CCC1(CC)CCN(c2cc(S(N)(=O)=O)ccc2N)C1. The minimum absolute atomic E-state index is 0.118. The molecule has 0 bridgehead atoms. The molecule has 4 N–H and O–H groups in total. The molecule has 112 valence electrons. The van der Waals surface area contributed by atoms with Crippen molar-refractivity contribution >= 4 is 21.4 Å². The van der Waals surface area contributed by atoms with E-state index in [2.05, 4.69) is 18.7 Å². The topological polar surface area (TPSA) is 89.4 Å². The zero-order chi connectivity index (χ0) is 15.0. The first-order chi connectivity index (χ1) is 9.31. The second-order valence-electron chi connectivity index (χ2n) is 5.64. The summed E-state index contributed by atoms with van der Waals surface area (Å²) in [5.74, 6) is 0. The van der Waals surface area contributed by atoms with Crippen LogP contribution in [0, 0.1) is 5.41 Å². The van der Waals surface area contributed by atoms with Crippen LogP contribution in [0.5, 0.6) is 0 Å². The van der Waals surface area contributed by atoms with Crippen molar-refractivity contribution in [3.05, 3.63) is 18.2 Å². The smallest absolute Gasteiger partial charge is 0.238 e. The summed E-state index contributed by atoms with van der Waals surface area (Å²) >= 11 is 0. The molecule has 0 aromatic heterocycles. The summed E-state index contributed by atoms with van der Waals surface area (Å²) in [6.07, 6.45) is 3.35. The van der Waals surface area contributed by atoms with Gasteiger partial charge in [0.05, 0.1) is 16.3 Å². The van der Waals surface area contributed by atoms with E-state index in [9.17, 15) is 8.42 Å². The number of nitrogens with zero attached hydrogens (tertiary/aromatic N) is 1. The standard InChI is InChI=1S/C14H23N3O2S/c1-3-14(4-2)7-8-17(10-14)13-9-11(20(16,18)19)5-6-12(13)15/h5-6,9H,3-4,7-8,10,15H2,1-2H3,(H2,16,18,19). The maximum Gasteiger partial charge on any atom is 0.238 e. The third-order valence-corrected chi connectivity index (χ3v) is 5.52. The molecule has 0 unspecified atom stereocenters. The van der Waals surface area contributed by atoms with Crippen molar-refractivity contribution in [1.29, 1.82) is 0 Å².